The summed E-state index contributed by atoms with van der Waals surface area (Å²) in [6.45, 7) is 13.9. The topological polar surface area (TPSA) is 26.0 Å². The molecule has 0 aliphatic carbocycles. The van der Waals surface area contributed by atoms with Crippen molar-refractivity contribution in [3.05, 3.63) is 18.4 Å². The molecule has 1 aromatic rings. The first-order chi connectivity index (χ1) is 5.89. The van der Waals surface area contributed by atoms with E-state index in [1.165, 1.54) is 6.39 Å². The SMILES string of the molecule is CC.CC.CC.Cc1cnco1. The van der Waals surface area contributed by atoms with Gasteiger partial charge in [0, 0.05) is 0 Å². The molecule has 0 bridgehead atoms. The molecule has 0 amide bonds. The maximum absolute atomic E-state index is 4.72. The van der Waals surface area contributed by atoms with Crippen LogP contribution in [0.4, 0.5) is 0 Å². The summed E-state index contributed by atoms with van der Waals surface area (Å²) in [6, 6.07) is 0. The van der Waals surface area contributed by atoms with Crippen molar-refractivity contribution < 1.29 is 4.42 Å². The lowest BCUT2D eigenvalue weighted by atomic mass is 10.6. The largest absolute Gasteiger partial charge is 0.449 e. The first kappa shape index (κ1) is 17.3. The minimum atomic E-state index is 0.856. The normalized spacial score (nSPS) is 5.92. The third-order valence-electron chi connectivity index (χ3n) is 0.556. The molecule has 0 fully saturated rings. The van der Waals surface area contributed by atoms with Gasteiger partial charge in [-0.3, -0.25) is 0 Å². The summed E-state index contributed by atoms with van der Waals surface area (Å²) < 4.78 is 4.72. The predicted molar refractivity (Wildman–Crippen MR) is 55.3 cm³/mol. The van der Waals surface area contributed by atoms with Gasteiger partial charge in [0.05, 0.1) is 6.20 Å². The van der Waals surface area contributed by atoms with Crippen LogP contribution in [0.5, 0.6) is 0 Å². The van der Waals surface area contributed by atoms with Crippen LogP contribution in [0.15, 0.2) is 17.0 Å². The van der Waals surface area contributed by atoms with E-state index >= 15 is 0 Å². The van der Waals surface area contributed by atoms with Gasteiger partial charge >= 0.3 is 0 Å². The molecule has 0 atom stereocenters. The second-order valence-electron chi connectivity index (χ2n) is 1.11. The van der Waals surface area contributed by atoms with Crippen LogP contribution in [0.25, 0.3) is 0 Å². The van der Waals surface area contributed by atoms with Crippen LogP contribution in [0.2, 0.25) is 0 Å². The number of aromatic nitrogens is 1. The molecule has 0 spiro atoms. The van der Waals surface area contributed by atoms with E-state index in [0.717, 1.165) is 5.76 Å². The molecule has 12 heavy (non-hydrogen) atoms. The lowest BCUT2D eigenvalue weighted by molar-refractivity contribution is 0.527. The van der Waals surface area contributed by atoms with Crippen LogP contribution in [-0.2, 0) is 0 Å². The summed E-state index contributed by atoms with van der Waals surface area (Å²) in [5, 5.41) is 0. The van der Waals surface area contributed by atoms with Gasteiger partial charge in [-0.1, -0.05) is 41.5 Å². The number of hydrogen-bond acceptors (Lipinski definition) is 2. The molecule has 0 unspecified atom stereocenters. The Morgan fingerprint density at radius 1 is 1.00 bits per heavy atom. The highest BCUT2D eigenvalue weighted by Crippen LogP contribution is 1.88. The summed E-state index contributed by atoms with van der Waals surface area (Å²) >= 11 is 0. The first-order valence-electron chi connectivity index (χ1n) is 4.74. The summed E-state index contributed by atoms with van der Waals surface area (Å²) in [7, 11) is 0. The molecule has 0 aliphatic heterocycles. The van der Waals surface area contributed by atoms with Crippen LogP contribution in [0.1, 0.15) is 47.3 Å². The quantitative estimate of drug-likeness (QED) is 0.591. The fourth-order valence-electron chi connectivity index (χ4n) is 0.279. The molecule has 0 N–H and O–H groups in total. The van der Waals surface area contributed by atoms with Crippen molar-refractivity contribution in [1.29, 1.82) is 0 Å². The summed E-state index contributed by atoms with van der Waals surface area (Å²) in [5.41, 5.74) is 0. The zero-order valence-corrected chi connectivity index (χ0v) is 9.51. The third kappa shape index (κ3) is 16.1. The molecule has 1 aromatic heterocycles. The first-order valence-corrected chi connectivity index (χ1v) is 4.74. The van der Waals surface area contributed by atoms with Crippen LogP contribution in [-0.4, -0.2) is 4.98 Å². The Morgan fingerprint density at radius 3 is 1.50 bits per heavy atom. The Hall–Kier alpha value is -0.790. The number of rotatable bonds is 0. The van der Waals surface area contributed by atoms with E-state index in [2.05, 4.69) is 4.98 Å². The second kappa shape index (κ2) is 22.5. The minimum Gasteiger partial charge on any atom is -0.449 e. The highest BCUT2D eigenvalue weighted by atomic mass is 16.3. The number of hydrogen-bond donors (Lipinski definition) is 0. The van der Waals surface area contributed by atoms with E-state index in [4.69, 9.17) is 4.42 Å². The molecular weight excluding hydrogens is 150 g/mol. The smallest absolute Gasteiger partial charge is 0.180 e. The maximum Gasteiger partial charge on any atom is 0.180 e. The van der Waals surface area contributed by atoms with E-state index in [9.17, 15) is 0 Å². The molecule has 1 rings (SSSR count). The van der Waals surface area contributed by atoms with Gasteiger partial charge in [0.1, 0.15) is 5.76 Å². The maximum atomic E-state index is 4.72. The lowest BCUT2D eigenvalue weighted by Gasteiger charge is -1.66. The molecule has 2 nitrogen and oxygen atoms in total. The van der Waals surface area contributed by atoms with Crippen molar-refractivity contribution in [1.82, 2.24) is 4.98 Å². The van der Waals surface area contributed by atoms with Gasteiger partial charge in [-0.25, -0.2) is 4.98 Å². The Balaban J connectivity index is -0.000000117. The Labute approximate surface area is 77.0 Å². The van der Waals surface area contributed by atoms with E-state index in [1.54, 1.807) is 6.20 Å². The fraction of sp³-hybridized carbons (Fsp3) is 0.700. The molecule has 0 saturated carbocycles. The highest BCUT2D eigenvalue weighted by Gasteiger charge is 1.77. The van der Waals surface area contributed by atoms with Crippen molar-refractivity contribution in [2.75, 3.05) is 0 Å². The van der Waals surface area contributed by atoms with Crippen LogP contribution in [0, 0.1) is 6.92 Å². The molecule has 74 valence electrons. The zero-order chi connectivity index (χ0) is 10.4. The summed E-state index contributed by atoms with van der Waals surface area (Å²) in [4.78, 5) is 3.66. The van der Waals surface area contributed by atoms with Gasteiger partial charge in [-0.05, 0) is 6.92 Å². The zero-order valence-electron chi connectivity index (χ0n) is 9.51. The summed E-state index contributed by atoms with van der Waals surface area (Å²) in [5.74, 6) is 0.856. The van der Waals surface area contributed by atoms with Crippen molar-refractivity contribution in [3.8, 4) is 0 Å². The molecule has 2 heteroatoms. The van der Waals surface area contributed by atoms with Crippen LogP contribution in [0.3, 0.4) is 0 Å². The standard InChI is InChI=1S/C4H5NO.3C2H6/c1-4-2-5-3-6-4;3*1-2/h2-3H,1H3;3*1-2H3. The molecule has 0 saturated heterocycles. The predicted octanol–water partition coefficient (Wildman–Crippen LogP) is 4.06. The lowest BCUT2D eigenvalue weighted by Crippen LogP contribution is -1.50. The fourth-order valence-corrected chi connectivity index (χ4v) is 0.279. The molecule has 1 heterocycles. The van der Waals surface area contributed by atoms with Gasteiger partial charge in [0.15, 0.2) is 6.39 Å². The highest BCUT2D eigenvalue weighted by molar-refractivity contribution is 4.80. The van der Waals surface area contributed by atoms with Crippen LogP contribution < -0.4 is 0 Å². The van der Waals surface area contributed by atoms with Crippen molar-refractivity contribution in [2.45, 2.75) is 48.5 Å². The van der Waals surface area contributed by atoms with Gasteiger partial charge in [0.25, 0.3) is 0 Å². The van der Waals surface area contributed by atoms with Crippen molar-refractivity contribution in [3.63, 3.8) is 0 Å². The number of oxazole rings is 1. The minimum absolute atomic E-state index is 0.856. The Morgan fingerprint density at radius 2 is 1.42 bits per heavy atom. The summed E-state index contributed by atoms with van der Waals surface area (Å²) in [6.07, 6.45) is 3.08. The monoisotopic (exact) mass is 173 g/mol. The number of aryl methyl sites for hydroxylation is 1. The average molecular weight is 173 g/mol. The van der Waals surface area contributed by atoms with Crippen molar-refractivity contribution in [2.24, 2.45) is 0 Å². The van der Waals surface area contributed by atoms with E-state index in [-0.39, 0.29) is 0 Å². The number of nitrogens with zero attached hydrogens (tertiary/aromatic N) is 1. The van der Waals surface area contributed by atoms with E-state index < -0.39 is 0 Å². The molecular formula is C10H23NO. The van der Waals surface area contributed by atoms with E-state index in [1.807, 2.05) is 48.5 Å². The van der Waals surface area contributed by atoms with Crippen molar-refractivity contribution >= 4 is 0 Å². The van der Waals surface area contributed by atoms with Gasteiger partial charge < -0.3 is 4.42 Å². The Bertz CT molecular complexity index is 113. The molecule has 0 aliphatic rings. The van der Waals surface area contributed by atoms with E-state index in [0.29, 0.717) is 0 Å². The van der Waals surface area contributed by atoms with Crippen LogP contribution >= 0.6 is 0 Å². The molecule has 0 aromatic carbocycles. The average Bonchev–Trinajstić information content (AvgIpc) is 2.66. The molecule has 0 radical (unpaired) electrons. The third-order valence-corrected chi connectivity index (χ3v) is 0.556. The van der Waals surface area contributed by atoms with Gasteiger partial charge in [0.2, 0.25) is 0 Å². The Kier molecular flexibility index (Phi) is 32.4. The van der Waals surface area contributed by atoms with Gasteiger partial charge in [-0.15, -0.1) is 0 Å². The van der Waals surface area contributed by atoms with Gasteiger partial charge in [-0.2, -0.15) is 0 Å². The second-order valence-corrected chi connectivity index (χ2v) is 1.11.